The number of amides is 1. The number of carbonyl (C=O) groups is 1. The van der Waals surface area contributed by atoms with Gasteiger partial charge < -0.3 is 10.2 Å². The van der Waals surface area contributed by atoms with Gasteiger partial charge in [0, 0.05) is 29.5 Å². The molecule has 0 aliphatic heterocycles. The molecule has 1 N–H and O–H groups in total. The summed E-state index contributed by atoms with van der Waals surface area (Å²) in [6.07, 6.45) is 0. The van der Waals surface area contributed by atoms with Gasteiger partial charge in [0.15, 0.2) is 0 Å². The van der Waals surface area contributed by atoms with Crippen LogP contribution in [0, 0.1) is 13.8 Å². The van der Waals surface area contributed by atoms with Gasteiger partial charge in [-0.3, -0.25) is 4.79 Å². The van der Waals surface area contributed by atoms with Gasteiger partial charge in [0.1, 0.15) is 0 Å². The Hall–Kier alpha value is -2.95. The van der Waals surface area contributed by atoms with Gasteiger partial charge in [-0.15, -0.1) is 0 Å². The minimum Gasteiger partial charge on any atom is -0.369 e. The van der Waals surface area contributed by atoms with E-state index in [0.29, 0.717) is 11.6 Å². The summed E-state index contributed by atoms with van der Waals surface area (Å²) in [5, 5.41) is 2.96. The van der Waals surface area contributed by atoms with Crippen LogP contribution in [0.4, 0.5) is 11.4 Å². The molecule has 27 heavy (non-hydrogen) atoms. The Morgan fingerprint density at radius 1 is 1.00 bits per heavy atom. The lowest BCUT2D eigenvalue weighted by molar-refractivity contribution is 0.102. The van der Waals surface area contributed by atoms with E-state index in [2.05, 4.69) is 41.0 Å². The van der Waals surface area contributed by atoms with Crippen molar-refractivity contribution in [2.45, 2.75) is 40.7 Å². The number of hydrogen-bond donors (Lipinski definition) is 1. The van der Waals surface area contributed by atoms with E-state index in [1.807, 2.05) is 44.2 Å². The standard InChI is InChI=1S/C22H26N4O/c1-6-26(14(2)3)19-10-8-18(9-11-19)25-22(27)17-7-12-20-21(13-17)24-16(5)15(4)23-20/h7-14H,6H2,1-5H3,(H,25,27). The monoisotopic (exact) mass is 362 g/mol. The maximum absolute atomic E-state index is 12.6. The van der Waals surface area contributed by atoms with Crippen LogP contribution >= 0.6 is 0 Å². The van der Waals surface area contributed by atoms with Crippen molar-refractivity contribution in [2.75, 3.05) is 16.8 Å². The molecule has 1 aromatic heterocycles. The van der Waals surface area contributed by atoms with Crippen molar-refractivity contribution in [3.63, 3.8) is 0 Å². The number of benzene rings is 2. The molecular formula is C22H26N4O. The van der Waals surface area contributed by atoms with Crippen LogP contribution in [0.3, 0.4) is 0 Å². The van der Waals surface area contributed by atoms with Crippen LogP contribution in [-0.2, 0) is 0 Å². The van der Waals surface area contributed by atoms with Crippen LogP contribution in [0.15, 0.2) is 42.5 Å². The molecule has 0 aliphatic carbocycles. The molecule has 0 atom stereocenters. The number of aromatic nitrogens is 2. The summed E-state index contributed by atoms with van der Waals surface area (Å²) in [7, 11) is 0. The molecule has 0 saturated heterocycles. The summed E-state index contributed by atoms with van der Waals surface area (Å²) in [4.78, 5) is 24.0. The topological polar surface area (TPSA) is 58.1 Å². The molecular weight excluding hydrogens is 336 g/mol. The smallest absolute Gasteiger partial charge is 0.255 e. The van der Waals surface area contributed by atoms with Gasteiger partial charge >= 0.3 is 0 Å². The van der Waals surface area contributed by atoms with E-state index < -0.39 is 0 Å². The lowest BCUT2D eigenvalue weighted by Crippen LogP contribution is -2.30. The van der Waals surface area contributed by atoms with Crippen LogP contribution < -0.4 is 10.2 Å². The second-order valence-corrected chi connectivity index (χ2v) is 6.98. The third-order valence-electron chi connectivity index (χ3n) is 4.76. The van der Waals surface area contributed by atoms with Gasteiger partial charge in [-0.2, -0.15) is 0 Å². The molecule has 0 unspecified atom stereocenters. The van der Waals surface area contributed by atoms with E-state index in [1.54, 1.807) is 12.1 Å². The molecule has 0 aliphatic rings. The summed E-state index contributed by atoms with van der Waals surface area (Å²) < 4.78 is 0. The summed E-state index contributed by atoms with van der Waals surface area (Å²) in [5.74, 6) is -0.152. The average molecular weight is 362 g/mol. The van der Waals surface area contributed by atoms with Crippen molar-refractivity contribution >= 4 is 28.3 Å². The first kappa shape index (κ1) is 18.8. The van der Waals surface area contributed by atoms with Crippen molar-refractivity contribution < 1.29 is 4.79 Å². The Balaban J connectivity index is 1.79. The first-order valence-electron chi connectivity index (χ1n) is 9.32. The molecule has 3 rings (SSSR count). The fourth-order valence-electron chi connectivity index (χ4n) is 3.16. The number of rotatable bonds is 5. The zero-order valence-corrected chi connectivity index (χ0v) is 16.6. The van der Waals surface area contributed by atoms with Crippen molar-refractivity contribution in [2.24, 2.45) is 0 Å². The number of hydrogen-bond acceptors (Lipinski definition) is 4. The summed E-state index contributed by atoms with van der Waals surface area (Å²) in [6.45, 7) is 11.3. The third kappa shape index (κ3) is 4.08. The SMILES string of the molecule is CCN(c1ccc(NC(=O)c2ccc3nc(C)c(C)nc3c2)cc1)C(C)C. The largest absolute Gasteiger partial charge is 0.369 e. The second kappa shape index (κ2) is 7.74. The Kier molecular flexibility index (Phi) is 5.40. The van der Waals surface area contributed by atoms with Crippen LogP contribution in [0.25, 0.3) is 11.0 Å². The zero-order chi connectivity index (χ0) is 19.6. The molecule has 140 valence electrons. The number of fused-ring (bicyclic) bond motifs is 1. The fraction of sp³-hybridized carbons (Fsp3) is 0.318. The molecule has 0 spiro atoms. The number of carbonyl (C=O) groups excluding carboxylic acids is 1. The number of aryl methyl sites for hydroxylation is 2. The van der Waals surface area contributed by atoms with Crippen molar-refractivity contribution in [1.29, 1.82) is 0 Å². The van der Waals surface area contributed by atoms with Gasteiger partial charge in [0.05, 0.1) is 22.4 Å². The number of anilines is 2. The maximum atomic E-state index is 12.6. The van der Waals surface area contributed by atoms with Crippen LogP contribution in [0.5, 0.6) is 0 Å². The fourth-order valence-corrected chi connectivity index (χ4v) is 3.16. The minimum absolute atomic E-state index is 0.152. The van der Waals surface area contributed by atoms with E-state index in [-0.39, 0.29) is 5.91 Å². The minimum atomic E-state index is -0.152. The molecule has 5 heteroatoms. The maximum Gasteiger partial charge on any atom is 0.255 e. The zero-order valence-electron chi connectivity index (χ0n) is 16.6. The first-order valence-corrected chi connectivity index (χ1v) is 9.32. The Morgan fingerprint density at radius 2 is 1.63 bits per heavy atom. The van der Waals surface area contributed by atoms with E-state index >= 15 is 0 Å². The highest BCUT2D eigenvalue weighted by molar-refractivity contribution is 6.05. The highest BCUT2D eigenvalue weighted by atomic mass is 16.1. The van der Waals surface area contributed by atoms with Gasteiger partial charge in [-0.1, -0.05) is 0 Å². The lowest BCUT2D eigenvalue weighted by atomic mass is 10.1. The molecule has 2 aromatic carbocycles. The predicted octanol–water partition coefficient (Wildman–Crippen LogP) is 4.73. The molecule has 0 saturated carbocycles. The molecule has 1 amide bonds. The number of nitrogens with one attached hydrogen (secondary N) is 1. The van der Waals surface area contributed by atoms with Crippen molar-refractivity contribution in [3.8, 4) is 0 Å². The Labute approximate surface area is 160 Å². The molecule has 1 heterocycles. The van der Waals surface area contributed by atoms with E-state index in [9.17, 15) is 4.79 Å². The third-order valence-corrected chi connectivity index (χ3v) is 4.76. The second-order valence-electron chi connectivity index (χ2n) is 6.98. The van der Waals surface area contributed by atoms with Crippen LogP contribution in [0.2, 0.25) is 0 Å². The summed E-state index contributed by atoms with van der Waals surface area (Å²) in [6, 6.07) is 13.8. The first-order chi connectivity index (χ1) is 12.9. The van der Waals surface area contributed by atoms with E-state index in [0.717, 1.165) is 40.3 Å². The highest BCUT2D eigenvalue weighted by Gasteiger charge is 2.11. The number of nitrogens with zero attached hydrogens (tertiary/aromatic N) is 3. The van der Waals surface area contributed by atoms with Crippen LogP contribution in [-0.4, -0.2) is 28.5 Å². The summed E-state index contributed by atoms with van der Waals surface area (Å²) in [5.41, 5.74) is 5.81. The van der Waals surface area contributed by atoms with Gasteiger partial charge in [-0.25, -0.2) is 9.97 Å². The van der Waals surface area contributed by atoms with Crippen LogP contribution in [0.1, 0.15) is 42.5 Å². The predicted molar refractivity (Wildman–Crippen MR) is 112 cm³/mol. The van der Waals surface area contributed by atoms with Crippen molar-refractivity contribution in [1.82, 2.24) is 9.97 Å². The highest BCUT2D eigenvalue weighted by Crippen LogP contribution is 2.21. The molecule has 0 radical (unpaired) electrons. The van der Waals surface area contributed by atoms with Gasteiger partial charge in [-0.05, 0) is 77.1 Å². The van der Waals surface area contributed by atoms with E-state index in [4.69, 9.17) is 0 Å². The summed E-state index contributed by atoms with van der Waals surface area (Å²) >= 11 is 0. The normalized spacial score (nSPS) is 11.0. The molecule has 3 aromatic rings. The molecule has 0 fully saturated rings. The van der Waals surface area contributed by atoms with Gasteiger partial charge in [0.2, 0.25) is 0 Å². The lowest BCUT2D eigenvalue weighted by Gasteiger charge is -2.27. The molecule has 0 bridgehead atoms. The van der Waals surface area contributed by atoms with Crippen molar-refractivity contribution in [3.05, 3.63) is 59.4 Å². The Bertz CT molecular complexity index is 964. The van der Waals surface area contributed by atoms with Gasteiger partial charge in [0.25, 0.3) is 5.91 Å². The quantitative estimate of drug-likeness (QED) is 0.713. The Morgan fingerprint density at radius 3 is 2.22 bits per heavy atom. The average Bonchev–Trinajstić information content (AvgIpc) is 2.64. The molecule has 5 nitrogen and oxygen atoms in total. The van der Waals surface area contributed by atoms with E-state index in [1.165, 1.54) is 0 Å².